The van der Waals surface area contributed by atoms with Crippen molar-refractivity contribution in [2.75, 3.05) is 0 Å². The Kier molecular flexibility index (Phi) is 3.41. The molecule has 0 radical (unpaired) electrons. The third-order valence-electron chi connectivity index (χ3n) is 2.26. The fourth-order valence-corrected chi connectivity index (χ4v) is 1.62. The van der Waals surface area contributed by atoms with Crippen LogP contribution in [0.4, 0.5) is 0 Å². The second-order valence-electron chi connectivity index (χ2n) is 3.41. The van der Waals surface area contributed by atoms with E-state index in [9.17, 15) is 0 Å². The highest BCUT2D eigenvalue weighted by Crippen LogP contribution is 2.19. The molecule has 2 N–H and O–H groups in total. The second-order valence-corrected chi connectivity index (χ2v) is 4.17. The average Bonchev–Trinajstić information content (AvgIpc) is 2.75. The highest BCUT2D eigenvalue weighted by Gasteiger charge is 2.04. The van der Waals surface area contributed by atoms with Gasteiger partial charge in [0.25, 0.3) is 0 Å². The zero-order chi connectivity index (χ0) is 13.2. The van der Waals surface area contributed by atoms with Crippen LogP contribution in [0.2, 0.25) is 0 Å². The summed E-state index contributed by atoms with van der Waals surface area (Å²) < 4.78 is 34.0. The van der Waals surface area contributed by atoms with E-state index in [1.54, 1.807) is 0 Å². The third kappa shape index (κ3) is 3.13. The highest BCUT2D eigenvalue weighted by atomic mass is 35.7. The Labute approximate surface area is 103 Å². The van der Waals surface area contributed by atoms with E-state index in [4.69, 9.17) is 18.6 Å². The van der Waals surface area contributed by atoms with E-state index in [-0.39, 0.29) is 0 Å². The van der Waals surface area contributed by atoms with Gasteiger partial charge in [-0.3, -0.25) is 5.10 Å². The van der Waals surface area contributed by atoms with Crippen LogP contribution in [0.5, 0.6) is 0 Å². The van der Waals surface area contributed by atoms with Crippen molar-refractivity contribution in [2.24, 2.45) is 0 Å². The summed E-state index contributed by atoms with van der Waals surface area (Å²) in [6.07, 6.45) is 3.76. The van der Waals surface area contributed by atoms with Crippen molar-refractivity contribution in [1.82, 2.24) is 10.2 Å². The van der Waals surface area contributed by atoms with Gasteiger partial charge in [-0.1, -0.05) is 0 Å². The van der Waals surface area contributed by atoms with Gasteiger partial charge >= 0.3 is 0 Å². The molecule has 2 heterocycles. The monoisotopic (exact) mass is 269 g/mol. The molecule has 0 fully saturated rings. The molecule has 1 aromatic carbocycles. The number of fused-ring (bicyclic) bond motifs is 3. The van der Waals surface area contributed by atoms with Crippen LogP contribution >= 0.6 is 0 Å². The lowest BCUT2D eigenvalue weighted by atomic mass is 10.1. The van der Waals surface area contributed by atoms with Gasteiger partial charge in [-0.05, 0) is 12.1 Å². The quantitative estimate of drug-likeness (QED) is 0.458. The number of hydrogen-bond acceptors (Lipinski definition) is 5. The lowest BCUT2D eigenvalue weighted by Gasteiger charge is -2.17. The van der Waals surface area contributed by atoms with Crippen molar-refractivity contribution in [3.05, 3.63) is 36.7 Å². The highest BCUT2D eigenvalue weighted by molar-refractivity contribution is 6.02. The van der Waals surface area contributed by atoms with Gasteiger partial charge in [0.1, 0.15) is 0 Å². The van der Waals surface area contributed by atoms with E-state index >= 15 is 0 Å². The van der Waals surface area contributed by atoms with Crippen LogP contribution in [0, 0.1) is 10.2 Å². The Hall–Kier alpha value is -1.77. The molecule has 7 nitrogen and oxygen atoms in total. The van der Waals surface area contributed by atoms with Gasteiger partial charge in [0.2, 0.25) is 5.52 Å². The Morgan fingerprint density at radius 1 is 1.11 bits per heavy atom. The molecule has 0 atom stereocenters. The molecule has 0 aliphatic heterocycles. The molecule has 94 valence electrons. The first-order chi connectivity index (χ1) is 8.45. The van der Waals surface area contributed by atoms with Gasteiger partial charge in [-0.25, -0.2) is 23.6 Å². The van der Waals surface area contributed by atoms with Crippen molar-refractivity contribution < 1.29 is 33.9 Å². The van der Waals surface area contributed by atoms with Gasteiger partial charge in [0.05, 0.1) is 17.1 Å². The number of aromatic amines is 2. The normalized spacial score (nSPS) is 11.3. The van der Waals surface area contributed by atoms with Gasteiger partial charge in [-0.2, -0.15) is 5.10 Å². The number of benzene rings is 1. The van der Waals surface area contributed by atoms with Crippen molar-refractivity contribution in [2.45, 2.75) is 0 Å². The van der Waals surface area contributed by atoms with E-state index in [1.165, 1.54) is 5.39 Å². The smallest absolute Gasteiger partial charge is 0.213 e. The zero-order valence-corrected chi connectivity index (χ0v) is 9.68. The third-order valence-corrected chi connectivity index (χ3v) is 2.26. The van der Waals surface area contributed by atoms with E-state index in [2.05, 4.69) is 33.4 Å². The minimum Gasteiger partial charge on any atom is -0.277 e. The van der Waals surface area contributed by atoms with E-state index in [0.717, 1.165) is 16.4 Å². The first-order valence-electron chi connectivity index (χ1n) is 4.79. The molecular formula is C10H8ClN3O4. The van der Waals surface area contributed by atoms with Gasteiger partial charge in [0.15, 0.2) is 6.20 Å². The first kappa shape index (κ1) is 12.7. The number of rotatable bonds is 0. The summed E-state index contributed by atoms with van der Waals surface area (Å²) in [5.74, 6) is 0. The maximum Gasteiger partial charge on any atom is 0.213 e. The Morgan fingerprint density at radius 2 is 1.83 bits per heavy atom. The fraction of sp³-hybridized carbons (Fsp3) is 0. The van der Waals surface area contributed by atoms with E-state index in [0.29, 0.717) is 0 Å². The molecule has 8 heteroatoms. The van der Waals surface area contributed by atoms with Crippen molar-refractivity contribution in [3.8, 4) is 0 Å². The Morgan fingerprint density at radius 3 is 2.56 bits per heavy atom. The number of hydrogen-bond donors (Lipinski definition) is 1. The predicted molar refractivity (Wildman–Crippen MR) is 50.2 cm³/mol. The molecule has 0 amide bonds. The average molecular weight is 270 g/mol. The van der Waals surface area contributed by atoms with Gasteiger partial charge in [0, 0.05) is 17.5 Å². The summed E-state index contributed by atoms with van der Waals surface area (Å²) in [5.41, 5.74) is 2.22. The van der Waals surface area contributed by atoms with Crippen LogP contribution < -0.4 is 23.6 Å². The Balaban J connectivity index is 0.000000209. The van der Waals surface area contributed by atoms with Crippen molar-refractivity contribution in [1.29, 1.82) is 0 Å². The summed E-state index contributed by atoms with van der Waals surface area (Å²) in [6, 6.07) is 8.18. The van der Waals surface area contributed by atoms with Gasteiger partial charge < -0.3 is 0 Å². The molecule has 0 saturated carbocycles. The number of pyridine rings is 1. The number of H-pyrrole nitrogens is 2. The largest absolute Gasteiger partial charge is 0.277 e. The first-order valence-corrected chi connectivity index (χ1v) is 6.03. The summed E-state index contributed by atoms with van der Waals surface area (Å²) in [7, 11) is -4.94. The number of nitrogens with zero attached hydrogens (tertiary/aromatic N) is 1. The summed E-state index contributed by atoms with van der Waals surface area (Å²) in [6.45, 7) is 0. The minimum absolute atomic E-state index is 1.09. The lowest BCUT2D eigenvalue weighted by Crippen LogP contribution is -2.68. The zero-order valence-electron chi connectivity index (χ0n) is 8.92. The van der Waals surface area contributed by atoms with Gasteiger partial charge in [-0.15, -0.1) is 10.2 Å². The molecule has 3 rings (SSSR count). The number of halogens is 1. The van der Waals surface area contributed by atoms with Crippen molar-refractivity contribution >= 4 is 21.8 Å². The molecule has 18 heavy (non-hydrogen) atoms. The van der Waals surface area contributed by atoms with Crippen LogP contribution in [-0.2, 0) is 0 Å². The minimum atomic E-state index is -4.94. The molecule has 0 aliphatic carbocycles. The molecule has 2 aromatic heterocycles. The maximum absolute atomic E-state index is 8.49. The molecule has 3 aromatic rings. The van der Waals surface area contributed by atoms with E-state index < -0.39 is 10.2 Å². The molecule has 0 aliphatic rings. The number of aromatic nitrogens is 3. The van der Waals surface area contributed by atoms with Crippen LogP contribution in [0.15, 0.2) is 36.7 Å². The van der Waals surface area contributed by atoms with Crippen LogP contribution in [0.25, 0.3) is 21.8 Å². The molecular weight excluding hydrogens is 262 g/mol. The van der Waals surface area contributed by atoms with E-state index in [1.807, 2.05) is 18.5 Å². The Bertz CT molecular complexity index is 659. The van der Waals surface area contributed by atoms with Crippen LogP contribution in [-0.4, -0.2) is 10.2 Å². The molecule has 0 saturated heterocycles. The standard InChI is InChI=1S/C10H7N3.ClHO4/c1-2-8-9(11-5-1)4-3-7-6-12-13-10(7)8;2-1(3,4)5/h1-6H,(H,12,13);(H,2,3,4,5). The fourth-order valence-electron chi connectivity index (χ4n) is 1.62. The number of nitrogens with one attached hydrogen (secondary N) is 2. The predicted octanol–water partition coefficient (Wildman–Crippen LogP) is -3.23. The van der Waals surface area contributed by atoms with Crippen molar-refractivity contribution in [3.63, 3.8) is 0 Å². The summed E-state index contributed by atoms with van der Waals surface area (Å²) in [4.78, 5) is 3.18. The van der Waals surface area contributed by atoms with Crippen LogP contribution in [0.1, 0.15) is 0 Å². The maximum atomic E-state index is 8.49. The van der Waals surface area contributed by atoms with Crippen LogP contribution in [0.3, 0.4) is 0 Å². The molecule has 0 bridgehead atoms. The summed E-state index contributed by atoms with van der Waals surface area (Å²) >= 11 is 0. The second kappa shape index (κ2) is 4.84. The SMILES string of the molecule is [O-][Cl+3]([O-])([O-])[O-].c1c[nH+]c2ccc3cn[nH]c3c2c1. The molecule has 0 unspecified atom stereocenters. The lowest BCUT2D eigenvalue weighted by molar-refractivity contribution is -2.00. The molecule has 0 spiro atoms. The summed E-state index contributed by atoms with van der Waals surface area (Å²) in [5, 5.41) is 9.33. The topological polar surface area (TPSA) is 135 Å².